The van der Waals surface area contributed by atoms with Gasteiger partial charge in [-0.25, -0.2) is 0 Å². The lowest BCUT2D eigenvalue weighted by Crippen LogP contribution is -2.62. The molecular formula is C17H25N3O. The lowest BCUT2D eigenvalue weighted by molar-refractivity contribution is -0.124. The van der Waals surface area contributed by atoms with Gasteiger partial charge in [0.15, 0.2) is 0 Å². The smallest absolute Gasteiger partial charge is 0.252 e. The number of piperidine rings is 1. The average molecular weight is 287 g/mol. The van der Waals surface area contributed by atoms with Crippen molar-refractivity contribution in [2.75, 3.05) is 29.9 Å². The highest BCUT2D eigenvalue weighted by Crippen LogP contribution is 2.40. The average Bonchev–Trinajstić information content (AvgIpc) is 2.44. The van der Waals surface area contributed by atoms with Gasteiger partial charge in [-0.1, -0.05) is 32.9 Å². The number of hydrogen-bond acceptors (Lipinski definition) is 3. The number of benzene rings is 1. The van der Waals surface area contributed by atoms with Crippen LogP contribution in [-0.2, 0) is 4.79 Å². The number of hydrogen-bond donors (Lipinski definition) is 2. The van der Waals surface area contributed by atoms with Crippen molar-refractivity contribution in [3.63, 3.8) is 0 Å². The van der Waals surface area contributed by atoms with Crippen LogP contribution in [0.15, 0.2) is 24.3 Å². The van der Waals surface area contributed by atoms with Crippen LogP contribution in [0.1, 0.15) is 33.6 Å². The monoisotopic (exact) mass is 287 g/mol. The molecule has 2 aliphatic heterocycles. The third-order valence-corrected chi connectivity index (χ3v) is 4.31. The molecule has 2 N–H and O–H groups in total. The molecule has 0 radical (unpaired) electrons. The molecule has 21 heavy (non-hydrogen) atoms. The number of amides is 1. The Morgan fingerprint density at radius 3 is 2.52 bits per heavy atom. The summed E-state index contributed by atoms with van der Waals surface area (Å²) in [6, 6.07) is 8.16. The summed E-state index contributed by atoms with van der Waals surface area (Å²) in [7, 11) is 0. The van der Waals surface area contributed by atoms with E-state index in [1.807, 2.05) is 23.1 Å². The Bertz CT molecular complexity index is 541. The standard InChI is InChI=1S/C17H25N3O/c1-16(2,3)12-20-14-7-5-4-6-13(14)19-17(15(20)21)8-10-18-11-9-17/h4-7,18-19H,8-12H2,1-3H3. The summed E-state index contributed by atoms with van der Waals surface area (Å²) in [5.41, 5.74) is 1.75. The van der Waals surface area contributed by atoms with Gasteiger partial charge in [-0.05, 0) is 43.5 Å². The molecule has 0 unspecified atom stereocenters. The summed E-state index contributed by atoms with van der Waals surface area (Å²) >= 11 is 0. The van der Waals surface area contributed by atoms with Gasteiger partial charge in [0, 0.05) is 6.54 Å². The Kier molecular flexibility index (Phi) is 3.44. The first kappa shape index (κ1) is 14.4. The zero-order valence-corrected chi connectivity index (χ0v) is 13.2. The number of carbonyl (C=O) groups is 1. The third-order valence-electron chi connectivity index (χ3n) is 4.31. The first-order valence-electron chi connectivity index (χ1n) is 7.81. The maximum absolute atomic E-state index is 13.2. The highest BCUT2D eigenvalue weighted by Gasteiger charge is 2.46. The zero-order chi connectivity index (χ0) is 15.1. The molecule has 3 rings (SSSR count). The van der Waals surface area contributed by atoms with E-state index in [9.17, 15) is 4.79 Å². The number of para-hydroxylation sites is 2. The fraction of sp³-hybridized carbons (Fsp3) is 0.588. The van der Waals surface area contributed by atoms with E-state index >= 15 is 0 Å². The Morgan fingerprint density at radius 1 is 1.19 bits per heavy atom. The first-order chi connectivity index (χ1) is 9.91. The van der Waals surface area contributed by atoms with Crippen molar-refractivity contribution >= 4 is 17.3 Å². The topological polar surface area (TPSA) is 44.4 Å². The number of fused-ring (bicyclic) bond motifs is 1. The zero-order valence-electron chi connectivity index (χ0n) is 13.2. The van der Waals surface area contributed by atoms with E-state index in [4.69, 9.17) is 0 Å². The quantitative estimate of drug-likeness (QED) is 0.834. The van der Waals surface area contributed by atoms with Crippen molar-refractivity contribution in [3.8, 4) is 0 Å². The molecule has 1 aromatic rings. The first-order valence-corrected chi connectivity index (χ1v) is 7.81. The van der Waals surface area contributed by atoms with E-state index < -0.39 is 5.54 Å². The van der Waals surface area contributed by atoms with Crippen LogP contribution >= 0.6 is 0 Å². The molecule has 114 valence electrons. The summed E-state index contributed by atoms with van der Waals surface area (Å²) < 4.78 is 0. The summed E-state index contributed by atoms with van der Waals surface area (Å²) in [4.78, 5) is 15.2. The van der Waals surface area contributed by atoms with Crippen LogP contribution in [-0.4, -0.2) is 31.1 Å². The molecule has 1 fully saturated rings. The fourth-order valence-electron chi connectivity index (χ4n) is 3.32. The third kappa shape index (κ3) is 2.64. The molecule has 1 amide bonds. The number of rotatable bonds is 1. The van der Waals surface area contributed by atoms with Gasteiger partial charge in [0.2, 0.25) is 0 Å². The Hall–Kier alpha value is -1.55. The largest absolute Gasteiger partial charge is 0.369 e. The van der Waals surface area contributed by atoms with Crippen LogP contribution in [0.25, 0.3) is 0 Å². The molecule has 0 aromatic heterocycles. The fourth-order valence-corrected chi connectivity index (χ4v) is 3.32. The molecule has 1 aromatic carbocycles. The van der Waals surface area contributed by atoms with Crippen molar-refractivity contribution < 1.29 is 4.79 Å². The molecule has 0 saturated carbocycles. The normalized spacial score (nSPS) is 21.1. The predicted molar refractivity (Wildman–Crippen MR) is 86.7 cm³/mol. The van der Waals surface area contributed by atoms with Crippen LogP contribution in [0.4, 0.5) is 11.4 Å². The Labute approximate surface area is 126 Å². The van der Waals surface area contributed by atoms with Crippen molar-refractivity contribution in [3.05, 3.63) is 24.3 Å². The lowest BCUT2D eigenvalue weighted by Gasteiger charge is -2.47. The molecule has 0 aliphatic carbocycles. The lowest BCUT2D eigenvalue weighted by atomic mass is 9.83. The summed E-state index contributed by atoms with van der Waals surface area (Å²) in [6.45, 7) is 9.08. The molecule has 1 spiro atoms. The van der Waals surface area contributed by atoms with Gasteiger partial charge in [-0.2, -0.15) is 0 Å². The van der Waals surface area contributed by atoms with Gasteiger partial charge in [-0.3, -0.25) is 4.79 Å². The predicted octanol–water partition coefficient (Wildman–Crippen LogP) is 2.61. The number of nitrogens with zero attached hydrogens (tertiary/aromatic N) is 1. The van der Waals surface area contributed by atoms with Gasteiger partial charge in [-0.15, -0.1) is 0 Å². The highest BCUT2D eigenvalue weighted by molar-refractivity contribution is 6.08. The maximum Gasteiger partial charge on any atom is 0.252 e. The summed E-state index contributed by atoms with van der Waals surface area (Å²) in [5, 5.41) is 6.90. The van der Waals surface area contributed by atoms with Crippen LogP contribution in [0, 0.1) is 5.41 Å². The molecule has 1 saturated heterocycles. The van der Waals surface area contributed by atoms with E-state index in [-0.39, 0.29) is 11.3 Å². The number of nitrogens with one attached hydrogen (secondary N) is 2. The molecular weight excluding hydrogens is 262 g/mol. The van der Waals surface area contributed by atoms with Gasteiger partial charge in [0.1, 0.15) is 5.54 Å². The van der Waals surface area contributed by atoms with Gasteiger partial charge in [0.05, 0.1) is 11.4 Å². The van der Waals surface area contributed by atoms with E-state index in [1.54, 1.807) is 0 Å². The Balaban J connectivity index is 2.02. The second-order valence-corrected chi connectivity index (χ2v) is 7.43. The SMILES string of the molecule is CC(C)(C)CN1C(=O)C2(CCNCC2)Nc2ccccc21. The second-order valence-electron chi connectivity index (χ2n) is 7.43. The minimum absolute atomic E-state index is 0.0776. The van der Waals surface area contributed by atoms with Crippen LogP contribution in [0.5, 0.6) is 0 Å². The molecule has 0 atom stereocenters. The van der Waals surface area contributed by atoms with Crippen molar-refractivity contribution in [1.82, 2.24) is 5.32 Å². The van der Waals surface area contributed by atoms with Crippen LogP contribution < -0.4 is 15.5 Å². The molecule has 0 bridgehead atoms. The number of carbonyl (C=O) groups excluding carboxylic acids is 1. The van der Waals surface area contributed by atoms with Crippen molar-refractivity contribution in [2.24, 2.45) is 5.41 Å². The second kappa shape index (κ2) is 5.02. The van der Waals surface area contributed by atoms with Crippen LogP contribution in [0.2, 0.25) is 0 Å². The molecule has 2 heterocycles. The maximum atomic E-state index is 13.2. The van der Waals surface area contributed by atoms with E-state index in [2.05, 4.69) is 37.5 Å². The minimum atomic E-state index is -0.426. The van der Waals surface area contributed by atoms with Crippen LogP contribution in [0.3, 0.4) is 0 Å². The number of anilines is 2. The van der Waals surface area contributed by atoms with E-state index in [0.717, 1.165) is 43.9 Å². The van der Waals surface area contributed by atoms with Gasteiger partial charge in [0.25, 0.3) is 5.91 Å². The molecule has 2 aliphatic rings. The molecule has 4 nitrogen and oxygen atoms in total. The van der Waals surface area contributed by atoms with E-state index in [1.165, 1.54) is 0 Å². The molecule has 4 heteroatoms. The van der Waals surface area contributed by atoms with E-state index in [0.29, 0.717) is 0 Å². The highest BCUT2D eigenvalue weighted by atomic mass is 16.2. The van der Waals surface area contributed by atoms with Crippen molar-refractivity contribution in [2.45, 2.75) is 39.2 Å². The van der Waals surface area contributed by atoms with Crippen molar-refractivity contribution in [1.29, 1.82) is 0 Å². The Morgan fingerprint density at radius 2 is 1.86 bits per heavy atom. The minimum Gasteiger partial charge on any atom is -0.369 e. The van der Waals surface area contributed by atoms with Gasteiger partial charge < -0.3 is 15.5 Å². The summed E-state index contributed by atoms with van der Waals surface area (Å²) in [6.07, 6.45) is 1.70. The summed E-state index contributed by atoms with van der Waals surface area (Å²) in [5.74, 6) is 0.234. The van der Waals surface area contributed by atoms with Gasteiger partial charge >= 0.3 is 0 Å².